The van der Waals surface area contributed by atoms with Crippen molar-refractivity contribution in [1.29, 1.82) is 0 Å². The Morgan fingerprint density at radius 3 is 1.96 bits per heavy atom. The summed E-state index contributed by atoms with van der Waals surface area (Å²) in [4.78, 5) is 127. The summed E-state index contributed by atoms with van der Waals surface area (Å²) in [5.41, 5.74) is 22.8. The molecule has 85 heavy (non-hydrogen) atoms. The van der Waals surface area contributed by atoms with E-state index in [4.69, 9.17) is 17.2 Å². The van der Waals surface area contributed by atoms with Crippen LogP contribution in [0.25, 0.3) is 21.7 Å². The van der Waals surface area contributed by atoms with Crippen LogP contribution in [0.15, 0.2) is 146 Å². The van der Waals surface area contributed by atoms with Crippen molar-refractivity contribution in [3.05, 3.63) is 174 Å². The lowest BCUT2D eigenvalue weighted by atomic mass is 9.85. The summed E-state index contributed by atoms with van der Waals surface area (Å²) in [6.07, 6.45) is 5.40. The molecule has 2 aromatic heterocycles. The van der Waals surface area contributed by atoms with Crippen molar-refractivity contribution < 1.29 is 38.4 Å². The minimum Gasteiger partial charge on any atom is -0.368 e. The number of hydrogen-bond donors (Lipinski definition) is 12. The highest BCUT2D eigenvalue weighted by Gasteiger charge is 2.37. The van der Waals surface area contributed by atoms with Gasteiger partial charge < -0.3 is 64.4 Å². The predicted octanol–water partition coefficient (Wildman–Crippen LogP) is 3.29. The number of rotatable bonds is 19. The van der Waals surface area contributed by atoms with E-state index in [1.165, 1.54) is 12.5 Å². The maximum absolute atomic E-state index is 15.0. The SMILES string of the molecule is CC(C)[C@@H]1NC(=O)[C@H](CCCCN)NC(=O)[C@@H](Cc2c[nH]c3ccccc23)NC(=O)[C@H](Cc2cnc[nH]2)NC(=O)[C@H](NC(=O)[C@@H](N)C(c2ccccc2)c2ccccc2)CSSC[C@@H](C(=O)N[C@@H](Cc2ccc3ccccc3c2)C(N)=O)NC1=O. The van der Waals surface area contributed by atoms with Crippen molar-refractivity contribution in [3.63, 3.8) is 0 Å². The van der Waals surface area contributed by atoms with Crippen molar-refractivity contribution in [2.75, 3.05) is 18.1 Å². The number of fused-ring (bicyclic) bond motifs is 2. The van der Waals surface area contributed by atoms with Crippen molar-refractivity contribution >= 4 is 90.5 Å². The molecule has 0 unspecified atom stereocenters. The summed E-state index contributed by atoms with van der Waals surface area (Å²) in [6, 6.07) is 28.6. The van der Waals surface area contributed by atoms with Crippen molar-refractivity contribution in [2.45, 2.75) is 107 Å². The molecule has 1 aliphatic rings. The number of imidazole rings is 1. The molecule has 15 N–H and O–H groups in total. The standard InChI is InChI=1S/C62H73N13O8S2/c1-36(2)54-62(83)74-51(59(80)70-47(55(65)76)28-37-24-25-38-15-9-10-20-41(38)27-37)34-85-84-33-50(73-61(82)53(64)52(39-16-5-3-6-17-39)40-18-7-4-8-19-40)60(81)72-49(30-43-32-66-35-68-43)58(79)71-48(29-42-31-67-45-22-12-11-21-44(42)45)57(78)69-46(56(77)75-54)23-13-14-26-63/h3-12,15-22,24-25,27,31-32,35-36,46-54,67H,13-14,23,26,28-30,33-34,63-64H2,1-2H3,(H2,65,76)(H,66,68)(H,69,78)(H,70,80)(H,71,79)(H,72,81)(H,73,82)(H,74,83)(H,75,77)/t46-,47-,48+,49-,50+,51-,53-,54-/m0/s1. The van der Waals surface area contributed by atoms with E-state index in [0.29, 0.717) is 36.2 Å². The first-order valence-electron chi connectivity index (χ1n) is 28.3. The van der Waals surface area contributed by atoms with Crippen LogP contribution in [0.4, 0.5) is 0 Å². The molecule has 1 saturated heterocycles. The van der Waals surface area contributed by atoms with E-state index in [-0.39, 0.29) is 37.2 Å². The van der Waals surface area contributed by atoms with Gasteiger partial charge in [-0.15, -0.1) is 0 Å². The largest absolute Gasteiger partial charge is 0.368 e. The lowest BCUT2D eigenvalue weighted by Gasteiger charge is -2.30. The van der Waals surface area contributed by atoms with Crippen LogP contribution in [-0.4, -0.2) is 129 Å². The van der Waals surface area contributed by atoms with E-state index >= 15 is 4.79 Å². The van der Waals surface area contributed by atoms with Crippen LogP contribution in [-0.2, 0) is 57.6 Å². The van der Waals surface area contributed by atoms with Crippen LogP contribution < -0.4 is 54.4 Å². The van der Waals surface area contributed by atoms with Crippen LogP contribution in [0.3, 0.4) is 0 Å². The third-order valence-electron chi connectivity index (χ3n) is 14.9. The summed E-state index contributed by atoms with van der Waals surface area (Å²) in [5, 5.41) is 22.5. The van der Waals surface area contributed by atoms with Crippen molar-refractivity contribution in [2.24, 2.45) is 23.1 Å². The lowest BCUT2D eigenvalue weighted by molar-refractivity contribution is -0.136. The van der Waals surface area contributed by atoms with Crippen LogP contribution >= 0.6 is 21.6 Å². The molecule has 7 aromatic rings. The Bertz CT molecular complexity index is 3380. The topological polar surface area (TPSA) is 343 Å². The number of amides is 8. The van der Waals surface area contributed by atoms with Crippen LogP contribution in [0, 0.1) is 5.92 Å². The maximum Gasteiger partial charge on any atom is 0.244 e. The van der Waals surface area contributed by atoms with Crippen LogP contribution in [0.1, 0.15) is 67.0 Å². The number of carbonyl (C=O) groups is 8. The average Bonchev–Trinajstić information content (AvgIpc) is 4.43. The van der Waals surface area contributed by atoms with Gasteiger partial charge in [0.25, 0.3) is 0 Å². The Morgan fingerprint density at radius 2 is 1.29 bits per heavy atom. The molecule has 0 spiro atoms. The van der Waals surface area contributed by atoms with Gasteiger partial charge in [-0.05, 0) is 70.8 Å². The minimum atomic E-state index is -1.39. The molecule has 0 aliphatic carbocycles. The predicted molar refractivity (Wildman–Crippen MR) is 330 cm³/mol. The summed E-state index contributed by atoms with van der Waals surface area (Å²) < 4.78 is 0. The van der Waals surface area contributed by atoms with Gasteiger partial charge in [-0.25, -0.2) is 4.98 Å². The molecule has 446 valence electrons. The molecule has 1 fully saturated rings. The Balaban J connectivity index is 1.15. The minimum absolute atomic E-state index is 0.0203. The molecule has 0 radical (unpaired) electrons. The molecule has 0 bridgehead atoms. The van der Waals surface area contributed by atoms with E-state index in [9.17, 15) is 33.6 Å². The van der Waals surface area contributed by atoms with Gasteiger partial charge >= 0.3 is 0 Å². The summed E-state index contributed by atoms with van der Waals surface area (Å²) in [6.45, 7) is 3.70. The fourth-order valence-electron chi connectivity index (χ4n) is 10.2. The third kappa shape index (κ3) is 17.1. The molecule has 23 heteroatoms. The zero-order chi connectivity index (χ0) is 60.4. The number of primary amides is 1. The number of hydrogen-bond acceptors (Lipinski definition) is 13. The molecule has 8 amide bonds. The second kappa shape index (κ2) is 30.3. The molecular formula is C62H73N13O8S2. The molecular weight excluding hydrogens is 1120 g/mol. The molecule has 3 heterocycles. The van der Waals surface area contributed by atoms with Gasteiger partial charge in [0.15, 0.2) is 0 Å². The smallest absolute Gasteiger partial charge is 0.244 e. The average molecular weight is 1190 g/mol. The highest BCUT2D eigenvalue weighted by atomic mass is 33.1. The van der Waals surface area contributed by atoms with Gasteiger partial charge in [0.1, 0.15) is 42.3 Å². The summed E-state index contributed by atoms with van der Waals surface area (Å²) >= 11 is 0. The molecule has 0 saturated carbocycles. The summed E-state index contributed by atoms with van der Waals surface area (Å²) in [7, 11) is 2.15. The number of aromatic nitrogens is 3. The first-order chi connectivity index (χ1) is 41.1. The molecule has 1 aliphatic heterocycles. The fourth-order valence-corrected chi connectivity index (χ4v) is 12.6. The van der Waals surface area contributed by atoms with Gasteiger partial charge in [-0.1, -0.05) is 157 Å². The summed E-state index contributed by atoms with van der Waals surface area (Å²) in [5.74, 6) is -7.67. The number of H-pyrrole nitrogens is 2. The number of aromatic amines is 2. The Kier molecular flexibility index (Phi) is 22.3. The lowest BCUT2D eigenvalue weighted by Crippen LogP contribution is -2.62. The Labute approximate surface area is 500 Å². The quantitative estimate of drug-likeness (QED) is 0.0409. The van der Waals surface area contributed by atoms with Crippen molar-refractivity contribution in [1.82, 2.24) is 52.2 Å². The Morgan fingerprint density at radius 1 is 0.671 bits per heavy atom. The van der Waals surface area contributed by atoms with Crippen LogP contribution in [0.2, 0.25) is 0 Å². The first-order valence-corrected chi connectivity index (χ1v) is 30.8. The number of nitrogens with one attached hydrogen (secondary N) is 9. The fraction of sp³-hybridized carbons (Fsp3) is 0.339. The maximum atomic E-state index is 15.0. The highest BCUT2D eigenvalue weighted by molar-refractivity contribution is 8.76. The third-order valence-corrected chi connectivity index (χ3v) is 17.3. The van der Waals surface area contributed by atoms with Crippen LogP contribution in [0.5, 0.6) is 0 Å². The van der Waals surface area contributed by atoms with Gasteiger partial charge in [-0.2, -0.15) is 0 Å². The van der Waals surface area contributed by atoms with Gasteiger partial charge in [-0.3, -0.25) is 38.4 Å². The second-order valence-corrected chi connectivity index (χ2v) is 24.0. The van der Waals surface area contributed by atoms with E-state index < -0.39 is 107 Å². The van der Waals surface area contributed by atoms with Crippen molar-refractivity contribution in [3.8, 4) is 0 Å². The van der Waals surface area contributed by atoms with E-state index in [0.717, 1.165) is 54.4 Å². The number of nitrogens with two attached hydrogens (primary N) is 3. The van der Waals surface area contributed by atoms with Gasteiger partial charge in [0.2, 0.25) is 47.3 Å². The van der Waals surface area contributed by atoms with Gasteiger partial charge in [0.05, 0.1) is 12.4 Å². The molecule has 5 aromatic carbocycles. The number of benzene rings is 5. The van der Waals surface area contributed by atoms with E-state index in [1.54, 1.807) is 20.0 Å². The van der Waals surface area contributed by atoms with Gasteiger partial charge in [0, 0.05) is 65.7 Å². The normalized spacial score (nSPS) is 20.3. The molecule has 8 atom stereocenters. The molecule has 8 rings (SSSR count). The van der Waals surface area contributed by atoms with E-state index in [1.807, 2.05) is 127 Å². The zero-order valence-electron chi connectivity index (χ0n) is 47.3. The van der Waals surface area contributed by atoms with E-state index in [2.05, 4.69) is 52.2 Å². The monoisotopic (exact) mass is 1190 g/mol. The number of para-hydroxylation sites is 1. The zero-order valence-corrected chi connectivity index (χ0v) is 48.9. The number of carbonyl (C=O) groups excluding carboxylic acids is 8. The number of nitrogens with zero attached hydrogens (tertiary/aromatic N) is 1. The highest BCUT2D eigenvalue weighted by Crippen LogP contribution is 2.29. The molecule has 21 nitrogen and oxygen atoms in total. The second-order valence-electron chi connectivity index (χ2n) is 21.4. The number of unbranched alkanes of at least 4 members (excludes halogenated alkanes) is 1. The Hall–Kier alpha value is -8.51. The first kappa shape index (κ1) is 62.5.